The standard InChI is InChI=1S/C15H23ClN2O2/c1-5-11(6-2)18(9-10(3)4)14-12(15(19)20)7-8-13(16)17-14/h7-8,10-11H,5-6,9H2,1-4H3,(H,19,20). The SMILES string of the molecule is CCC(CC)N(CC(C)C)c1nc(Cl)ccc1C(=O)O. The van der Waals surface area contributed by atoms with Gasteiger partial charge in [-0.1, -0.05) is 39.3 Å². The molecular weight excluding hydrogens is 276 g/mol. The molecule has 0 atom stereocenters. The molecule has 0 saturated heterocycles. The fourth-order valence-electron chi connectivity index (χ4n) is 2.34. The summed E-state index contributed by atoms with van der Waals surface area (Å²) in [5, 5.41) is 9.68. The minimum atomic E-state index is -0.969. The first-order valence-corrected chi connectivity index (χ1v) is 7.44. The van der Waals surface area contributed by atoms with E-state index in [2.05, 4.69) is 37.6 Å². The predicted molar refractivity (Wildman–Crippen MR) is 82.8 cm³/mol. The number of carbonyl (C=O) groups is 1. The number of anilines is 1. The molecule has 0 fully saturated rings. The third-order valence-electron chi connectivity index (χ3n) is 3.29. The molecule has 0 aromatic carbocycles. The molecule has 0 aliphatic carbocycles. The maximum absolute atomic E-state index is 11.4. The third kappa shape index (κ3) is 4.10. The molecule has 0 spiro atoms. The predicted octanol–water partition coefficient (Wildman–Crippen LogP) is 4.08. The molecule has 1 N–H and O–H groups in total. The highest BCUT2D eigenvalue weighted by molar-refractivity contribution is 6.29. The van der Waals surface area contributed by atoms with Gasteiger partial charge in [0, 0.05) is 12.6 Å². The first kappa shape index (κ1) is 16.8. The number of aromatic carboxylic acids is 1. The Morgan fingerprint density at radius 1 is 1.35 bits per heavy atom. The molecule has 0 amide bonds. The van der Waals surface area contributed by atoms with Gasteiger partial charge in [0.15, 0.2) is 0 Å². The third-order valence-corrected chi connectivity index (χ3v) is 3.50. The van der Waals surface area contributed by atoms with E-state index in [-0.39, 0.29) is 11.6 Å². The number of halogens is 1. The molecule has 20 heavy (non-hydrogen) atoms. The molecule has 0 radical (unpaired) electrons. The molecule has 0 aliphatic rings. The Balaban J connectivity index is 3.31. The van der Waals surface area contributed by atoms with Crippen LogP contribution < -0.4 is 4.90 Å². The number of carboxylic acids is 1. The van der Waals surface area contributed by atoms with E-state index in [0.717, 1.165) is 19.4 Å². The van der Waals surface area contributed by atoms with Gasteiger partial charge in [-0.3, -0.25) is 0 Å². The normalized spacial score (nSPS) is 11.2. The molecule has 1 heterocycles. The van der Waals surface area contributed by atoms with Crippen LogP contribution in [-0.2, 0) is 0 Å². The summed E-state index contributed by atoms with van der Waals surface area (Å²) in [6.07, 6.45) is 1.88. The maximum atomic E-state index is 11.4. The van der Waals surface area contributed by atoms with E-state index in [1.807, 2.05) is 0 Å². The minimum Gasteiger partial charge on any atom is -0.478 e. The van der Waals surface area contributed by atoms with Crippen molar-refractivity contribution < 1.29 is 9.90 Å². The Bertz CT molecular complexity index is 459. The van der Waals surface area contributed by atoms with Crippen molar-refractivity contribution >= 4 is 23.4 Å². The minimum absolute atomic E-state index is 0.210. The van der Waals surface area contributed by atoms with Gasteiger partial charge in [0.1, 0.15) is 16.5 Å². The highest BCUT2D eigenvalue weighted by Crippen LogP contribution is 2.26. The average molecular weight is 299 g/mol. The van der Waals surface area contributed by atoms with Crippen molar-refractivity contribution in [1.29, 1.82) is 0 Å². The van der Waals surface area contributed by atoms with Crippen LogP contribution in [0.1, 0.15) is 50.9 Å². The fraction of sp³-hybridized carbons (Fsp3) is 0.600. The second-order valence-corrected chi connectivity index (χ2v) is 5.71. The second kappa shape index (κ2) is 7.48. The van der Waals surface area contributed by atoms with Crippen LogP contribution in [0, 0.1) is 5.92 Å². The van der Waals surface area contributed by atoms with Gasteiger partial charge in [-0.2, -0.15) is 0 Å². The summed E-state index contributed by atoms with van der Waals surface area (Å²) in [6.45, 7) is 9.19. The van der Waals surface area contributed by atoms with Crippen molar-refractivity contribution in [2.75, 3.05) is 11.4 Å². The van der Waals surface area contributed by atoms with Gasteiger partial charge in [0.2, 0.25) is 0 Å². The monoisotopic (exact) mass is 298 g/mol. The Morgan fingerprint density at radius 2 is 1.95 bits per heavy atom. The molecule has 0 unspecified atom stereocenters. The van der Waals surface area contributed by atoms with Gasteiger partial charge in [-0.05, 0) is 30.9 Å². The summed E-state index contributed by atoms with van der Waals surface area (Å²) in [7, 11) is 0. The largest absolute Gasteiger partial charge is 0.478 e. The van der Waals surface area contributed by atoms with E-state index in [4.69, 9.17) is 11.6 Å². The first-order chi connectivity index (χ1) is 9.40. The lowest BCUT2D eigenvalue weighted by Crippen LogP contribution is -2.39. The lowest BCUT2D eigenvalue weighted by atomic mass is 10.1. The van der Waals surface area contributed by atoms with Crippen LogP contribution in [0.3, 0.4) is 0 Å². The van der Waals surface area contributed by atoms with Crippen molar-refractivity contribution in [3.05, 3.63) is 22.8 Å². The molecule has 4 nitrogen and oxygen atoms in total. The maximum Gasteiger partial charge on any atom is 0.339 e. The van der Waals surface area contributed by atoms with Crippen molar-refractivity contribution in [2.45, 2.75) is 46.6 Å². The van der Waals surface area contributed by atoms with E-state index in [1.54, 1.807) is 0 Å². The molecule has 0 saturated carbocycles. The van der Waals surface area contributed by atoms with Crippen molar-refractivity contribution in [1.82, 2.24) is 4.98 Å². The van der Waals surface area contributed by atoms with Crippen LogP contribution in [0.25, 0.3) is 0 Å². The summed E-state index contributed by atoms with van der Waals surface area (Å²) in [4.78, 5) is 17.8. The van der Waals surface area contributed by atoms with Crippen LogP contribution in [0.15, 0.2) is 12.1 Å². The number of aromatic nitrogens is 1. The molecule has 1 aromatic heterocycles. The van der Waals surface area contributed by atoms with Crippen molar-refractivity contribution in [3.8, 4) is 0 Å². The van der Waals surface area contributed by atoms with Crippen LogP contribution in [0.2, 0.25) is 5.15 Å². The van der Waals surface area contributed by atoms with E-state index in [9.17, 15) is 9.90 Å². The molecular formula is C15H23ClN2O2. The first-order valence-electron chi connectivity index (χ1n) is 7.07. The van der Waals surface area contributed by atoms with Crippen molar-refractivity contribution in [2.24, 2.45) is 5.92 Å². The van der Waals surface area contributed by atoms with Gasteiger partial charge in [-0.25, -0.2) is 9.78 Å². The van der Waals surface area contributed by atoms with Crippen LogP contribution in [0.4, 0.5) is 5.82 Å². The van der Waals surface area contributed by atoms with Crippen LogP contribution >= 0.6 is 11.6 Å². The number of rotatable bonds is 7. The lowest BCUT2D eigenvalue weighted by molar-refractivity contribution is 0.0697. The van der Waals surface area contributed by atoms with E-state index >= 15 is 0 Å². The highest BCUT2D eigenvalue weighted by atomic mass is 35.5. The number of carboxylic acid groups (broad SMARTS) is 1. The molecule has 1 rings (SSSR count). The van der Waals surface area contributed by atoms with E-state index in [0.29, 0.717) is 16.9 Å². The number of hydrogen-bond donors (Lipinski definition) is 1. The van der Waals surface area contributed by atoms with Crippen LogP contribution in [0.5, 0.6) is 0 Å². The summed E-state index contributed by atoms with van der Waals surface area (Å²) >= 11 is 5.96. The van der Waals surface area contributed by atoms with Gasteiger partial charge >= 0.3 is 5.97 Å². The fourth-order valence-corrected chi connectivity index (χ4v) is 2.49. The van der Waals surface area contributed by atoms with Gasteiger partial charge in [0.05, 0.1) is 0 Å². The molecule has 112 valence electrons. The van der Waals surface area contributed by atoms with E-state index in [1.165, 1.54) is 12.1 Å². The average Bonchev–Trinajstić information content (AvgIpc) is 2.38. The smallest absolute Gasteiger partial charge is 0.339 e. The quantitative estimate of drug-likeness (QED) is 0.771. The zero-order valence-electron chi connectivity index (χ0n) is 12.6. The summed E-state index contributed by atoms with van der Waals surface area (Å²) in [5.74, 6) is -0.0747. The molecule has 0 aliphatic heterocycles. The topological polar surface area (TPSA) is 53.4 Å². The summed E-state index contributed by atoms with van der Waals surface area (Å²) in [6, 6.07) is 3.32. The Kier molecular flexibility index (Phi) is 6.27. The van der Waals surface area contributed by atoms with Gasteiger partial charge in [-0.15, -0.1) is 0 Å². The molecule has 5 heteroatoms. The highest BCUT2D eigenvalue weighted by Gasteiger charge is 2.23. The summed E-state index contributed by atoms with van der Waals surface area (Å²) in [5.41, 5.74) is 0.210. The Morgan fingerprint density at radius 3 is 2.40 bits per heavy atom. The molecule has 0 bridgehead atoms. The number of hydrogen-bond acceptors (Lipinski definition) is 3. The number of pyridine rings is 1. The van der Waals surface area contributed by atoms with Gasteiger partial charge in [0.25, 0.3) is 0 Å². The van der Waals surface area contributed by atoms with E-state index < -0.39 is 5.97 Å². The lowest BCUT2D eigenvalue weighted by Gasteiger charge is -2.34. The Hall–Kier alpha value is -1.29. The second-order valence-electron chi connectivity index (χ2n) is 5.33. The zero-order valence-corrected chi connectivity index (χ0v) is 13.3. The van der Waals surface area contributed by atoms with Crippen LogP contribution in [-0.4, -0.2) is 28.6 Å². The van der Waals surface area contributed by atoms with Crippen molar-refractivity contribution in [3.63, 3.8) is 0 Å². The molecule has 1 aromatic rings. The Labute approximate surface area is 125 Å². The number of nitrogens with zero attached hydrogens (tertiary/aromatic N) is 2. The zero-order chi connectivity index (χ0) is 15.3. The van der Waals surface area contributed by atoms with Gasteiger partial charge < -0.3 is 10.0 Å². The summed E-state index contributed by atoms with van der Waals surface area (Å²) < 4.78 is 0.